The summed E-state index contributed by atoms with van der Waals surface area (Å²) in [6.07, 6.45) is 0. The Bertz CT molecular complexity index is 288. The fourth-order valence-corrected chi connectivity index (χ4v) is 2.22. The van der Waals surface area contributed by atoms with Gasteiger partial charge in [0.1, 0.15) is 5.15 Å². The van der Waals surface area contributed by atoms with Gasteiger partial charge in [-0.15, -0.1) is 0 Å². The van der Waals surface area contributed by atoms with Crippen LogP contribution in [0.5, 0.6) is 0 Å². The lowest BCUT2D eigenvalue weighted by Crippen LogP contribution is -1.90. The molecule has 1 heterocycles. The Balaban J connectivity index is 2.64. The smallest absolute Gasteiger partial charge is 0.131 e. The number of aryl methyl sites for hydroxylation is 2. The van der Waals surface area contributed by atoms with Crippen molar-refractivity contribution in [1.29, 1.82) is 0 Å². The number of aliphatic hydroxyl groups is 1. The second-order valence-corrected chi connectivity index (χ2v) is 4.22. The van der Waals surface area contributed by atoms with E-state index in [0.29, 0.717) is 5.15 Å². The summed E-state index contributed by atoms with van der Waals surface area (Å²) < 4.78 is 1.67. The van der Waals surface area contributed by atoms with Crippen LogP contribution in [0, 0.1) is 6.92 Å². The first-order valence-corrected chi connectivity index (χ1v) is 5.56. The van der Waals surface area contributed by atoms with Crippen molar-refractivity contribution in [2.75, 3.05) is 12.4 Å². The number of aromatic nitrogens is 2. The molecule has 1 aromatic rings. The standard InChI is InChI=1S/C8H13ClN2OS/c1-6-7(5-13-4-3-12)8(9)11(2)10-6/h12H,3-5H2,1-2H3. The molecule has 0 saturated heterocycles. The minimum absolute atomic E-state index is 0.210. The van der Waals surface area contributed by atoms with Crippen LogP contribution < -0.4 is 0 Å². The first-order chi connectivity index (χ1) is 6.16. The molecule has 0 bridgehead atoms. The van der Waals surface area contributed by atoms with Crippen molar-refractivity contribution in [2.24, 2.45) is 7.05 Å². The molecule has 1 aromatic heterocycles. The molecule has 0 aliphatic rings. The molecular formula is C8H13ClN2OS. The van der Waals surface area contributed by atoms with Crippen LogP contribution in [-0.4, -0.2) is 27.2 Å². The van der Waals surface area contributed by atoms with E-state index in [9.17, 15) is 0 Å². The highest BCUT2D eigenvalue weighted by molar-refractivity contribution is 7.98. The molecule has 5 heteroatoms. The highest BCUT2D eigenvalue weighted by Gasteiger charge is 2.10. The van der Waals surface area contributed by atoms with Gasteiger partial charge in [-0.3, -0.25) is 4.68 Å². The molecule has 0 amide bonds. The van der Waals surface area contributed by atoms with Crippen molar-refractivity contribution in [2.45, 2.75) is 12.7 Å². The quantitative estimate of drug-likeness (QED) is 0.784. The maximum atomic E-state index is 8.61. The molecule has 3 nitrogen and oxygen atoms in total. The molecule has 0 saturated carbocycles. The number of aliphatic hydroxyl groups excluding tert-OH is 1. The maximum absolute atomic E-state index is 8.61. The minimum atomic E-state index is 0.210. The van der Waals surface area contributed by atoms with E-state index in [1.807, 2.05) is 14.0 Å². The monoisotopic (exact) mass is 220 g/mol. The summed E-state index contributed by atoms with van der Waals surface area (Å²) in [4.78, 5) is 0. The summed E-state index contributed by atoms with van der Waals surface area (Å²) in [5.74, 6) is 1.56. The molecule has 13 heavy (non-hydrogen) atoms. The van der Waals surface area contributed by atoms with E-state index in [4.69, 9.17) is 16.7 Å². The second-order valence-electron chi connectivity index (χ2n) is 2.75. The van der Waals surface area contributed by atoms with E-state index in [1.165, 1.54) is 0 Å². The Kier molecular flexibility index (Phi) is 4.09. The molecule has 0 aliphatic heterocycles. The van der Waals surface area contributed by atoms with Crippen molar-refractivity contribution in [3.8, 4) is 0 Å². The summed E-state index contributed by atoms with van der Waals surface area (Å²) in [5.41, 5.74) is 2.04. The predicted molar refractivity (Wildman–Crippen MR) is 56.2 cm³/mol. The van der Waals surface area contributed by atoms with E-state index >= 15 is 0 Å². The zero-order chi connectivity index (χ0) is 9.84. The third-order valence-electron chi connectivity index (χ3n) is 1.75. The van der Waals surface area contributed by atoms with Gasteiger partial charge in [0, 0.05) is 24.1 Å². The normalized spacial score (nSPS) is 10.8. The summed E-state index contributed by atoms with van der Waals surface area (Å²) in [5, 5.41) is 13.5. The summed E-state index contributed by atoms with van der Waals surface area (Å²) in [6, 6.07) is 0. The first-order valence-electron chi connectivity index (χ1n) is 4.03. The van der Waals surface area contributed by atoms with E-state index in [-0.39, 0.29) is 6.61 Å². The minimum Gasteiger partial charge on any atom is -0.396 e. The SMILES string of the molecule is Cc1nn(C)c(Cl)c1CSCCO. The van der Waals surface area contributed by atoms with Gasteiger partial charge in [0.25, 0.3) is 0 Å². The third kappa shape index (κ3) is 2.62. The van der Waals surface area contributed by atoms with Gasteiger partial charge < -0.3 is 5.11 Å². The number of rotatable bonds is 4. The highest BCUT2D eigenvalue weighted by atomic mass is 35.5. The van der Waals surface area contributed by atoms with Crippen LogP contribution in [0.3, 0.4) is 0 Å². The fraction of sp³-hybridized carbons (Fsp3) is 0.625. The molecule has 0 aliphatic carbocycles. The number of halogens is 1. The van der Waals surface area contributed by atoms with Crippen molar-refractivity contribution in [3.05, 3.63) is 16.4 Å². The van der Waals surface area contributed by atoms with Gasteiger partial charge in [-0.2, -0.15) is 16.9 Å². The van der Waals surface area contributed by atoms with Crippen molar-refractivity contribution < 1.29 is 5.11 Å². The average Bonchev–Trinajstić information content (AvgIpc) is 2.32. The Hall–Kier alpha value is -0.190. The first kappa shape index (κ1) is 10.9. The van der Waals surface area contributed by atoms with Gasteiger partial charge in [-0.1, -0.05) is 11.6 Å². The van der Waals surface area contributed by atoms with Gasteiger partial charge in [0.05, 0.1) is 12.3 Å². The fourth-order valence-electron chi connectivity index (χ4n) is 1.08. The summed E-state index contributed by atoms with van der Waals surface area (Å²) in [7, 11) is 1.83. The maximum Gasteiger partial charge on any atom is 0.131 e. The second kappa shape index (κ2) is 4.88. The number of thioether (sulfide) groups is 1. The van der Waals surface area contributed by atoms with Crippen LogP contribution in [-0.2, 0) is 12.8 Å². The average molecular weight is 221 g/mol. The summed E-state index contributed by atoms with van der Waals surface area (Å²) in [6.45, 7) is 2.16. The molecule has 0 radical (unpaired) electrons. The van der Waals surface area contributed by atoms with Crippen LogP contribution in [0.25, 0.3) is 0 Å². The van der Waals surface area contributed by atoms with Crippen molar-refractivity contribution in [3.63, 3.8) is 0 Å². The molecular weight excluding hydrogens is 208 g/mol. The van der Waals surface area contributed by atoms with Crippen LogP contribution in [0.2, 0.25) is 5.15 Å². The largest absolute Gasteiger partial charge is 0.396 e. The van der Waals surface area contributed by atoms with Gasteiger partial charge in [-0.25, -0.2) is 0 Å². The zero-order valence-electron chi connectivity index (χ0n) is 7.75. The number of hydrogen-bond acceptors (Lipinski definition) is 3. The van der Waals surface area contributed by atoms with E-state index in [0.717, 1.165) is 22.8 Å². The van der Waals surface area contributed by atoms with E-state index in [1.54, 1.807) is 16.4 Å². The Morgan fingerprint density at radius 2 is 2.31 bits per heavy atom. The van der Waals surface area contributed by atoms with Crippen LogP contribution in [0.1, 0.15) is 11.3 Å². The number of nitrogens with zero attached hydrogens (tertiary/aromatic N) is 2. The van der Waals surface area contributed by atoms with Gasteiger partial charge >= 0.3 is 0 Å². The molecule has 0 spiro atoms. The lowest BCUT2D eigenvalue weighted by atomic mass is 10.3. The molecule has 0 atom stereocenters. The zero-order valence-corrected chi connectivity index (χ0v) is 9.32. The molecule has 1 rings (SSSR count). The molecule has 0 aromatic carbocycles. The lowest BCUT2D eigenvalue weighted by Gasteiger charge is -1.98. The molecule has 1 N–H and O–H groups in total. The van der Waals surface area contributed by atoms with Crippen molar-refractivity contribution >= 4 is 23.4 Å². The van der Waals surface area contributed by atoms with Crippen LogP contribution in [0.4, 0.5) is 0 Å². The Morgan fingerprint density at radius 1 is 1.62 bits per heavy atom. The number of hydrogen-bond donors (Lipinski definition) is 1. The predicted octanol–water partition coefficient (Wildman–Crippen LogP) is 1.61. The molecule has 0 fully saturated rings. The molecule has 74 valence electrons. The van der Waals surface area contributed by atoms with Gasteiger partial charge in [0.2, 0.25) is 0 Å². The molecule has 0 unspecified atom stereocenters. The van der Waals surface area contributed by atoms with Gasteiger partial charge in [0.15, 0.2) is 0 Å². The Labute approximate surface area is 87.1 Å². The van der Waals surface area contributed by atoms with E-state index in [2.05, 4.69) is 5.10 Å². The summed E-state index contributed by atoms with van der Waals surface area (Å²) >= 11 is 7.68. The topological polar surface area (TPSA) is 38.0 Å². The van der Waals surface area contributed by atoms with Gasteiger partial charge in [-0.05, 0) is 6.92 Å². The highest BCUT2D eigenvalue weighted by Crippen LogP contribution is 2.23. The van der Waals surface area contributed by atoms with E-state index < -0.39 is 0 Å². The Morgan fingerprint density at radius 3 is 2.77 bits per heavy atom. The third-order valence-corrected chi connectivity index (χ3v) is 3.19. The van der Waals surface area contributed by atoms with Crippen molar-refractivity contribution in [1.82, 2.24) is 9.78 Å². The van der Waals surface area contributed by atoms with Crippen LogP contribution >= 0.6 is 23.4 Å². The van der Waals surface area contributed by atoms with Crippen LogP contribution in [0.15, 0.2) is 0 Å². The lowest BCUT2D eigenvalue weighted by molar-refractivity contribution is 0.322.